The summed E-state index contributed by atoms with van der Waals surface area (Å²) < 4.78 is 11.2. The summed E-state index contributed by atoms with van der Waals surface area (Å²) in [7, 11) is 0. The van der Waals surface area contributed by atoms with Gasteiger partial charge in [-0.25, -0.2) is 15.2 Å². The third-order valence-electron chi connectivity index (χ3n) is 3.75. The third kappa shape index (κ3) is 5.49. The number of benzene rings is 2. The molecular weight excluding hydrogens is 390 g/mol. The molecule has 0 unspecified atom stereocenters. The highest BCUT2D eigenvalue weighted by molar-refractivity contribution is 5.74. The molecule has 1 heterocycles. The zero-order valence-corrected chi connectivity index (χ0v) is 16.3. The molecule has 0 aliphatic carbocycles. The Labute approximate surface area is 171 Å². The molecule has 30 heavy (non-hydrogen) atoms. The van der Waals surface area contributed by atoms with Crippen molar-refractivity contribution in [3.63, 3.8) is 0 Å². The van der Waals surface area contributed by atoms with Crippen LogP contribution in [0.25, 0.3) is 5.69 Å². The number of hydrogen-bond acceptors (Lipinski definition) is 9. The van der Waals surface area contributed by atoms with Crippen LogP contribution in [0.5, 0.6) is 11.5 Å². The predicted molar refractivity (Wildman–Crippen MR) is 107 cm³/mol. The van der Waals surface area contributed by atoms with E-state index in [-0.39, 0.29) is 17.4 Å². The Kier molecular flexibility index (Phi) is 6.50. The van der Waals surface area contributed by atoms with Crippen molar-refractivity contribution in [3.8, 4) is 17.2 Å². The highest BCUT2D eigenvalue weighted by Gasteiger charge is 2.13. The van der Waals surface area contributed by atoms with Crippen molar-refractivity contribution in [1.82, 2.24) is 20.0 Å². The minimum atomic E-state index is -0.608. The maximum atomic E-state index is 12.4. The van der Waals surface area contributed by atoms with E-state index < -0.39 is 17.6 Å². The van der Waals surface area contributed by atoms with E-state index >= 15 is 0 Å². The molecule has 0 saturated carbocycles. The van der Waals surface area contributed by atoms with Crippen LogP contribution in [0.15, 0.2) is 59.7 Å². The SMILES string of the molecule is CC(=O)Oc1ccc(-n2cnc(NNCc3ccccc3)nc2=O)cc1OC(C)=O. The minimum Gasteiger partial charge on any atom is -0.423 e. The first-order valence-corrected chi connectivity index (χ1v) is 8.92. The summed E-state index contributed by atoms with van der Waals surface area (Å²) >= 11 is 0. The van der Waals surface area contributed by atoms with Crippen molar-refractivity contribution >= 4 is 17.9 Å². The molecule has 3 aromatic rings. The summed E-state index contributed by atoms with van der Waals surface area (Å²) in [6.07, 6.45) is 1.28. The molecule has 0 amide bonds. The lowest BCUT2D eigenvalue weighted by Crippen LogP contribution is -2.28. The van der Waals surface area contributed by atoms with Gasteiger partial charge in [0.25, 0.3) is 0 Å². The fraction of sp³-hybridized carbons (Fsp3) is 0.150. The topological polar surface area (TPSA) is 124 Å². The summed E-state index contributed by atoms with van der Waals surface area (Å²) in [5, 5.41) is 0. The summed E-state index contributed by atoms with van der Waals surface area (Å²) in [5.74, 6) is -1.03. The second kappa shape index (κ2) is 9.43. The number of hydrazine groups is 1. The van der Waals surface area contributed by atoms with Crippen LogP contribution in [0.3, 0.4) is 0 Å². The van der Waals surface area contributed by atoms with Crippen molar-refractivity contribution in [2.24, 2.45) is 0 Å². The minimum absolute atomic E-state index is 0.00571. The number of ether oxygens (including phenoxy) is 2. The van der Waals surface area contributed by atoms with Crippen LogP contribution < -0.4 is 26.0 Å². The number of anilines is 1. The average Bonchev–Trinajstić information content (AvgIpc) is 2.70. The molecule has 2 N–H and O–H groups in total. The standard InChI is InChI=1S/C20H19N5O5/c1-13(26)29-17-9-8-16(10-18(17)30-14(2)27)25-12-21-19(23-20(25)28)24-22-11-15-6-4-3-5-7-15/h3-10,12,22H,11H2,1-2H3,(H,23,24,28). The molecule has 0 saturated heterocycles. The normalized spacial score (nSPS) is 10.3. The summed E-state index contributed by atoms with van der Waals surface area (Å²) in [6, 6.07) is 14.0. The van der Waals surface area contributed by atoms with Crippen LogP contribution >= 0.6 is 0 Å². The number of carbonyl (C=O) groups is 2. The van der Waals surface area contributed by atoms with Gasteiger partial charge in [-0.05, 0) is 17.7 Å². The summed E-state index contributed by atoms with van der Waals surface area (Å²) in [4.78, 5) is 43.0. The first-order chi connectivity index (χ1) is 14.4. The van der Waals surface area contributed by atoms with E-state index in [2.05, 4.69) is 20.8 Å². The molecule has 154 valence electrons. The van der Waals surface area contributed by atoms with Gasteiger partial charge >= 0.3 is 17.6 Å². The van der Waals surface area contributed by atoms with Gasteiger partial charge in [-0.15, -0.1) is 0 Å². The van der Waals surface area contributed by atoms with Gasteiger partial charge in [0.1, 0.15) is 6.33 Å². The number of hydrogen-bond donors (Lipinski definition) is 2. The van der Waals surface area contributed by atoms with E-state index in [1.807, 2.05) is 30.3 Å². The maximum absolute atomic E-state index is 12.4. The summed E-state index contributed by atoms with van der Waals surface area (Å²) in [5.41, 5.74) is 6.47. The van der Waals surface area contributed by atoms with E-state index in [1.54, 1.807) is 0 Å². The monoisotopic (exact) mass is 409 g/mol. The van der Waals surface area contributed by atoms with Gasteiger partial charge in [-0.1, -0.05) is 30.3 Å². The molecule has 0 radical (unpaired) electrons. The van der Waals surface area contributed by atoms with Crippen LogP contribution in [0, 0.1) is 0 Å². The lowest BCUT2D eigenvalue weighted by atomic mass is 10.2. The van der Waals surface area contributed by atoms with E-state index in [1.165, 1.54) is 38.4 Å². The quantitative estimate of drug-likeness (QED) is 0.340. The molecular formula is C20H19N5O5. The zero-order chi connectivity index (χ0) is 21.5. The highest BCUT2D eigenvalue weighted by Crippen LogP contribution is 2.29. The van der Waals surface area contributed by atoms with E-state index in [9.17, 15) is 14.4 Å². The van der Waals surface area contributed by atoms with Crippen LogP contribution in [-0.4, -0.2) is 26.5 Å². The lowest BCUT2D eigenvalue weighted by Gasteiger charge is -2.12. The molecule has 3 rings (SSSR count). The fourth-order valence-corrected chi connectivity index (χ4v) is 2.51. The van der Waals surface area contributed by atoms with Crippen LogP contribution in [0.2, 0.25) is 0 Å². The van der Waals surface area contributed by atoms with E-state index in [0.29, 0.717) is 12.2 Å². The Hall–Kier alpha value is -4.05. The molecule has 1 aromatic heterocycles. The van der Waals surface area contributed by atoms with Gasteiger partial charge in [0.05, 0.1) is 5.69 Å². The van der Waals surface area contributed by atoms with Crippen molar-refractivity contribution in [2.75, 3.05) is 5.43 Å². The van der Waals surface area contributed by atoms with E-state index in [0.717, 1.165) is 10.1 Å². The molecule has 2 aromatic carbocycles. The molecule has 0 bridgehead atoms. The van der Waals surface area contributed by atoms with Crippen molar-refractivity contribution in [2.45, 2.75) is 20.4 Å². The Morgan fingerprint density at radius 1 is 1.00 bits per heavy atom. The zero-order valence-electron chi connectivity index (χ0n) is 16.3. The largest absolute Gasteiger partial charge is 0.423 e. The number of nitrogens with one attached hydrogen (secondary N) is 2. The molecule has 0 atom stereocenters. The van der Waals surface area contributed by atoms with Crippen LogP contribution in [-0.2, 0) is 16.1 Å². The fourth-order valence-electron chi connectivity index (χ4n) is 2.51. The van der Waals surface area contributed by atoms with Gasteiger partial charge in [-0.3, -0.25) is 19.6 Å². The predicted octanol–water partition coefficient (Wildman–Crippen LogP) is 1.59. The number of nitrogens with zero attached hydrogens (tertiary/aromatic N) is 3. The third-order valence-corrected chi connectivity index (χ3v) is 3.75. The number of carbonyl (C=O) groups excluding carboxylic acids is 2. The summed E-state index contributed by atoms with van der Waals surface area (Å²) in [6.45, 7) is 2.94. The van der Waals surface area contributed by atoms with Gasteiger partial charge in [0.15, 0.2) is 11.5 Å². The average molecular weight is 409 g/mol. The smallest absolute Gasteiger partial charge is 0.356 e. The molecule has 10 heteroatoms. The van der Waals surface area contributed by atoms with Crippen LogP contribution in [0.4, 0.5) is 5.95 Å². The highest BCUT2D eigenvalue weighted by atomic mass is 16.6. The van der Waals surface area contributed by atoms with Crippen LogP contribution in [0.1, 0.15) is 19.4 Å². The van der Waals surface area contributed by atoms with E-state index in [4.69, 9.17) is 9.47 Å². The Morgan fingerprint density at radius 3 is 2.37 bits per heavy atom. The molecule has 10 nitrogen and oxygen atoms in total. The first-order valence-electron chi connectivity index (χ1n) is 8.92. The van der Waals surface area contributed by atoms with Gasteiger partial charge in [-0.2, -0.15) is 4.98 Å². The second-order valence-corrected chi connectivity index (χ2v) is 6.12. The van der Waals surface area contributed by atoms with Crippen molar-refractivity contribution < 1.29 is 19.1 Å². The molecule has 0 spiro atoms. The second-order valence-electron chi connectivity index (χ2n) is 6.12. The van der Waals surface area contributed by atoms with Crippen molar-refractivity contribution in [3.05, 3.63) is 70.9 Å². The molecule has 0 aliphatic rings. The molecule has 0 aliphatic heterocycles. The van der Waals surface area contributed by atoms with Crippen molar-refractivity contribution in [1.29, 1.82) is 0 Å². The van der Waals surface area contributed by atoms with Gasteiger partial charge in [0.2, 0.25) is 5.95 Å². The number of aromatic nitrogens is 3. The Bertz CT molecular complexity index is 1110. The van der Waals surface area contributed by atoms with Gasteiger partial charge in [0, 0.05) is 26.5 Å². The molecule has 0 fully saturated rings. The Balaban J connectivity index is 1.77. The number of rotatable bonds is 7. The lowest BCUT2D eigenvalue weighted by molar-refractivity contribution is -0.134. The Morgan fingerprint density at radius 2 is 1.70 bits per heavy atom. The van der Waals surface area contributed by atoms with Gasteiger partial charge < -0.3 is 9.47 Å². The number of esters is 2. The maximum Gasteiger partial charge on any atom is 0.356 e. The first kappa shape index (κ1) is 20.7.